The smallest absolute Gasteiger partial charge is 0.196 e. The average molecular weight is 413 g/mol. The Bertz CT molecular complexity index is 474. The molecule has 1 fully saturated rings. The Balaban J connectivity index is 0.00000176. The molecule has 3 nitrogen and oxygen atoms in total. The number of rotatable bonds is 4. The van der Waals surface area contributed by atoms with Gasteiger partial charge in [-0.1, -0.05) is 30.3 Å². The van der Waals surface area contributed by atoms with Gasteiger partial charge in [0, 0.05) is 26.7 Å². The highest BCUT2D eigenvalue weighted by molar-refractivity contribution is 14.0. The van der Waals surface area contributed by atoms with E-state index in [1.807, 2.05) is 0 Å². The number of aryl methyl sites for hydroxylation is 1. The molecule has 122 valence electrons. The summed E-state index contributed by atoms with van der Waals surface area (Å²) in [7, 11) is 2.17. The van der Waals surface area contributed by atoms with Gasteiger partial charge in [-0.3, -0.25) is 4.99 Å². The van der Waals surface area contributed by atoms with E-state index in [-0.39, 0.29) is 24.0 Å². The Hall–Kier alpha value is -0.780. The lowest BCUT2D eigenvalue weighted by atomic mass is 9.92. The normalized spacial score (nSPS) is 21.5. The van der Waals surface area contributed by atoms with Gasteiger partial charge in [0.2, 0.25) is 0 Å². The molecular weight excluding hydrogens is 385 g/mol. The number of benzene rings is 1. The molecule has 0 aliphatic carbocycles. The maximum absolute atomic E-state index is 4.67. The van der Waals surface area contributed by atoms with Gasteiger partial charge in [0.25, 0.3) is 0 Å². The van der Waals surface area contributed by atoms with Crippen molar-refractivity contribution < 1.29 is 0 Å². The van der Waals surface area contributed by atoms with E-state index in [0.29, 0.717) is 0 Å². The number of hydrogen-bond donors (Lipinski definition) is 0. The van der Waals surface area contributed by atoms with Crippen molar-refractivity contribution in [1.82, 2.24) is 9.80 Å². The van der Waals surface area contributed by atoms with E-state index in [4.69, 9.17) is 0 Å². The minimum Gasteiger partial charge on any atom is -0.344 e. The number of guanidine groups is 1. The summed E-state index contributed by atoms with van der Waals surface area (Å²) in [4.78, 5) is 9.50. The van der Waals surface area contributed by atoms with E-state index >= 15 is 0 Å². The lowest BCUT2D eigenvalue weighted by Crippen LogP contribution is -2.45. The van der Waals surface area contributed by atoms with E-state index in [1.165, 1.54) is 56.7 Å². The standard InChI is InChI=1S/C18H27N3.HI/c1-20-14-12-19-18(20)21-13-6-11-17(15-21)10-5-9-16-7-3-2-4-8-16;/h2-4,7-8,17H,5-6,9-15H2,1H3;1H. The number of likely N-dealkylation sites (tertiary alicyclic amines) is 1. The number of halogens is 1. The zero-order chi connectivity index (χ0) is 14.5. The quantitative estimate of drug-likeness (QED) is 0.702. The summed E-state index contributed by atoms with van der Waals surface area (Å²) in [6.45, 7) is 4.46. The highest BCUT2D eigenvalue weighted by atomic mass is 127. The predicted molar refractivity (Wildman–Crippen MR) is 104 cm³/mol. The monoisotopic (exact) mass is 413 g/mol. The van der Waals surface area contributed by atoms with Crippen molar-refractivity contribution in [2.75, 3.05) is 33.2 Å². The molecule has 1 aromatic carbocycles. The van der Waals surface area contributed by atoms with Gasteiger partial charge in [-0.25, -0.2) is 0 Å². The molecule has 2 heterocycles. The fraction of sp³-hybridized carbons (Fsp3) is 0.611. The van der Waals surface area contributed by atoms with Gasteiger partial charge in [0.1, 0.15) is 0 Å². The Labute approximate surface area is 151 Å². The van der Waals surface area contributed by atoms with Crippen LogP contribution in [0.3, 0.4) is 0 Å². The molecule has 0 aromatic heterocycles. The first kappa shape index (κ1) is 17.6. The fourth-order valence-corrected chi connectivity index (χ4v) is 3.58. The van der Waals surface area contributed by atoms with Gasteiger partial charge < -0.3 is 9.80 Å². The minimum atomic E-state index is 0. The number of hydrogen-bond acceptors (Lipinski definition) is 3. The van der Waals surface area contributed by atoms with E-state index < -0.39 is 0 Å². The molecule has 22 heavy (non-hydrogen) atoms. The van der Waals surface area contributed by atoms with Crippen LogP contribution in [-0.4, -0.2) is 49.0 Å². The topological polar surface area (TPSA) is 18.8 Å². The van der Waals surface area contributed by atoms with Gasteiger partial charge in [0.15, 0.2) is 5.96 Å². The second kappa shape index (κ2) is 8.75. The lowest BCUT2D eigenvalue weighted by molar-refractivity contribution is 0.228. The van der Waals surface area contributed by atoms with Gasteiger partial charge >= 0.3 is 0 Å². The zero-order valence-corrected chi connectivity index (χ0v) is 15.9. The highest BCUT2D eigenvalue weighted by Gasteiger charge is 2.25. The van der Waals surface area contributed by atoms with Gasteiger partial charge in [0.05, 0.1) is 6.54 Å². The Morgan fingerprint density at radius 2 is 2.00 bits per heavy atom. The van der Waals surface area contributed by atoms with Gasteiger partial charge in [-0.15, -0.1) is 24.0 Å². The molecule has 1 atom stereocenters. The molecule has 0 bridgehead atoms. The predicted octanol–water partition coefficient (Wildman–Crippen LogP) is 3.64. The summed E-state index contributed by atoms with van der Waals surface area (Å²) in [6.07, 6.45) is 6.59. The molecule has 0 saturated carbocycles. The van der Waals surface area contributed by atoms with Crippen LogP contribution in [0, 0.1) is 5.92 Å². The molecular formula is C18H28IN3. The summed E-state index contributed by atoms with van der Waals surface area (Å²) < 4.78 is 0. The van der Waals surface area contributed by atoms with Crippen LogP contribution in [0.5, 0.6) is 0 Å². The SMILES string of the molecule is CN1CCN=C1N1CCCC(CCCc2ccccc2)C1.I. The van der Waals surface area contributed by atoms with Crippen molar-refractivity contribution in [3.05, 3.63) is 35.9 Å². The third-order valence-electron chi connectivity index (χ3n) is 4.75. The molecule has 1 saturated heterocycles. The van der Waals surface area contributed by atoms with Crippen LogP contribution in [0.25, 0.3) is 0 Å². The van der Waals surface area contributed by atoms with Crippen molar-refractivity contribution in [2.45, 2.75) is 32.1 Å². The first-order valence-electron chi connectivity index (χ1n) is 8.37. The molecule has 0 N–H and O–H groups in total. The molecule has 0 amide bonds. The molecule has 1 aromatic rings. The first-order valence-corrected chi connectivity index (χ1v) is 8.37. The van der Waals surface area contributed by atoms with Crippen LogP contribution in [0.1, 0.15) is 31.2 Å². The third kappa shape index (κ3) is 4.61. The largest absolute Gasteiger partial charge is 0.344 e. The fourth-order valence-electron chi connectivity index (χ4n) is 3.58. The molecule has 4 heteroatoms. The van der Waals surface area contributed by atoms with Crippen molar-refractivity contribution in [3.8, 4) is 0 Å². The van der Waals surface area contributed by atoms with E-state index in [0.717, 1.165) is 19.0 Å². The molecule has 3 rings (SSSR count). The van der Waals surface area contributed by atoms with E-state index in [2.05, 4.69) is 52.2 Å². The Morgan fingerprint density at radius 1 is 1.18 bits per heavy atom. The number of aliphatic imine (C=N–C) groups is 1. The van der Waals surface area contributed by atoms with Crippen LogP contribution in [-0.2, 0) is 6.42 Å². The summed E-state index contributed by atoms with van der Waals surface area (Å²) >= 11 is 0. The van der Waals surface area contributed by atoms with Gasteiger partial charge in [-0.2, -0.15) is 0 Å². The van der Waals surface area contributed by atoms with Crippen LogP contribution in [0.2, 0.25) is 0 Å². The maximum Gasteiger partial charge on any atom is 0.196 e. The lowest BCUT2D eigenvalue weighted by Gasteiger charge is -2.36. The summed E-state index contributed by atoms with van der Waals surface area (Å²) in [5.74, 6) is 2.09. The van der Waals surface area contributed by atoms with Crippen molar-refractivity contribution in [2.24, 2.45) is 10.9 Å². The molecule has 0 radical (unpaired) electrons. The second-order valence-corrected chi connectivity index (χ2v) is 6.44. The average Bonchev–Trinajstić information content (AvgIpc) is 2.95. The number of nitrogens with zero attached hydrogens (tertiary/aromatic N) is 3. The van der Waals surface area contributed by atoms with Crippen LogP contribution < -0.4 is 0 Å². The first-order chi connectivity index (χ1) is 10.3. The van der Waals surface area contributed by atoms with Crippen LogP contribution in [0.15, 0.2) is 35.3 Å². The molecule has 1 unspecified atom stereocenters. The molecule has 2 aliphatic heterocycles. The highest BCUT2D eigenvalue weighted by Crippen LogP contribution is 2.23. The van der Waals surface area contributed by atoms with Crippen molar-refractivity contribution >= 4 is 29.9 Å². The third-order valence-corrected chi connectivity index (χ3v) is 4.75. The molecule has 0 spiro atoms. The van der Waals surface area contributed by atoms with Crippen molar-refractivity contribution in [3.63, 3.8) is 0 Å². The summed E-state index contributed by atoms with van der Waals surface area (Å²) in [6, 6.07) is 10.9. The number of piperidine rings is 1. The van der Waals surface area contributed by atoms with Crippen LogP contribution in [0.4, 0.5) is 0 Å². The molecule has 2 aliphatic rings. The van der Waals surface area contributed by atoms with Crippen molar-refractivity contribution in [1.29, 1.82) is 0 Å². The Kier molecular flexibility index (Phi) is 6.99. The minimum absolute atomic E-state index is 0. The Morgan fingerprint density at radius 3 is 2.73 bits per heavy atom. The van der Waals surface area contributed by atoms with E-state index in [9.17, 15) is 0 Å². The van der Waals surface area contributed by atoms with Crippen LogP contribution >= 0.6 is 24.0 Å². The maximum atomic E-state index is 4.67. The zero-order valence-electron chi connectivity index (χ0n) is 13.6. The summed E-state index contributed by atoms with van der Waals surface area (Å²) in [5, 5.41) is 0. The summed E-state index contributed by atoms with van der Waals surface area (Å²) in [5.41, 5.74) is 1.48. The second-order valence-electron chi connectivity index (χ2n) is 6.44. The van der Waals surface area contributed by atoms with E-state index in [1.54, 1.807) is 0 Å². The number of likely N-dealkylation sites (N-methyl/N-ethyl adjacent to an activating group) is 1. The van der Waals surface area contributed by atoms with Gasteiger partial charge in [-0.05, 0) is 43.6 Å².